The van der Waals surface area contributed by atoms with Crippen molar-refractivity contribution in [1.29, 1.82) is 0 Å². The summed E-state index contributed by atoms with van der Waals surface area (Å²) in [5.74, 6) is 2.24. The van der Waals surface area contributed by atoms with Crippen LogP contribution in [0.1, 0.15) is 64.9 Å². The Bertz CT molecular complexity index is 596. The molecule has 2 rings (SSSR count). The third-order valence-electron chi connectivity index (χ3n) is 3.89. The number of unbranched alkanes of at least 4 members (excludes halogenated alkanes) is 5. The summed E-state index contributed by atoms with van der Waals surface area (Å²) in [7, 11) is 0. The molecule has 0 spiro atoms. The lowest BCUT2D eigenvalue weighted by Crippen LogP contribution is -2.12. The molecule has 0 aliphatic heterocycles. The summed E-state index contributed by atoms with van der Waals surface area (Å²) in [6.45, 7) is 7.74. The van der Waals surface area contributed by atoms with Crippen LogP contribution in [0.25, 0.3) is 5.78 Å². The van der Waals surface area contributed by atoms with Gasteiger partial charge in [0.05, 0.1) is 12.2 Å². The van der Waals surface area contributed by atoms with Crippen molar-refractivity contribution >= 4 is 11.6 Å². The second-order valence-corrected chi connectivity index (χ2v) is 5.70. The van der Waals surface area contributed by atoms with Crippen molar-refractivity contribution in [1.82, 2.24) is 19.6 Å². The third-order valence-corrected chi connectivity index (χ3v) is 3.89. The molecule has 6 heteroatoms. The zero-order chi connectivity index (χ0) is 16.5. The van der Waals surface area contributed by atoms with Gasteiger partial charge in [0.1, 0.15) is 12.1 Å². The van der Waals surface area contributed by atoms with Crippen LogP contribution >= 0.6 is 0 Å². The maximum Gasteiger partial charge on any atom is 0.257 e. The highest BCUT2D eigenvalue weighted by atomic mass is 16.5. The van der Waals surface area contributed by atoms with Crippen LogP contribution in [0.3, 0.4) is 0 Å². The van der Waals surface area contributed by atoms with E-state index in [2.05, 4.69) is 34.2 Å². The standard InChI is InChI=1S/C17H29N5O/c1-4-7-8-9-10-11-12-14-15(18-5-2)22-17(19-13-20-22)21-16(14)23-6-3/h13,18H,4-12H2,1-3H3. The number of hydrogen-bond donors (Lipinski definition) is 1. The first-order chi connectivity index (χ1) is 11.3. The molecule has 0 unspecified atom stereocenters. The predicted octanol–water partition coefficient (Wildman–Crippen LogP) is 3.86. The fourth-order valence-corrected chi connectivity index (χ4v) is 2.77. The molecule has 0 atom stereocenters. The highest BCUT2D eigenvalue weighted by Crippen LogP contribution is 2.27. The van der Waals surface area contributed by atoms with E-state index in [-0.39, 0.29) is 0 Å². The Hall–Kier alpha value is -1.85. The van der Waals surface area contributed by atoms with E-state index in [0.29, 0.717) is 18.3 Å². The molecule has 2 heterocycles. The Balaban J connectivity index is 2.16. The van der Waals surface area contributed by atoms with Gasteiger partial charge in [-0.05, 0) is 26.7 Å². The number of anilines is 1. The van der Waals surface area contributed by atoms with E-state index in [4.69, 9.17) is 4.74 Å². The minimum absolute atomic E-state index is 0.580. The molecule has 0 aliphatic carbocycles. The average Bonchev–Trinajstić information content (AvgIpc) is 3.01. The van der Waals surface area contributed by atoms with Gasteiger partial charge < -0.3 is 10.1 Å². The third kappa shape index (κ3) is 4.56. The topological polar surface area (TPSA) is 64.3 Å². The van der Waals surface area contributed by atoms with Gasteiger partial charge in [0.2, 0.25) is 5.88 Å². The summed E-state index contributed by atoms with van der Waals surface area (Å²) in [5, 5.41) is 7.70. The van der Waals surface area contributed by atoms with Gasteiger partial charge in [-0.2, -0.15) is 19.6 Å². The van der Waals surface area contributed by atoms with Gasteiger partial charge in [0.25, 0.3) is 5.78 Å². The van der Waals surface area contributed by atoms with E-state index in [1.54, 1.807) is 4.52 Å². The van der Waals surface area contributed by atoms with Gasteiger partial charge >= 0.3 is 0 Å². The van der Waals surface area contributed by atoms with Crippen LogP contribution in [0.2, 0.25) is 0 Å². The number of nitrogens with one attached hydrogen (secondary N) is 1. The van der Waals surface area contributed by atoms with Crippen molar-refractivity contribution in [3.05, 3.63) is 11.9 Å². The average molecular weight is 319 g/mol. The first kappa shape index (κ1) is 17.5. The number of fused-ring (bicyclic) bond motifs is 1. The van der Waals surface area contributed by atoms with Crippen LogP contribution in [0, 0.1) is 0 Å². The number of aromatic nitrogens is 4. The van der Waals surface area contributed by atoms with Crippen LogP contribution in [0.5, 0.6) is 5.88 Å². The molecule has 23 heavy (non-hydrogen) atoms. The minimum Gasteiger partial charge on any atom is -0.478 e. The number of nitrogens with zero attached hydrogens (tertiary/aromatic N) is 4. The molecule has 2 aromatic heterocycles. The molecule has 1 N–H and O–H groups in total. The fourth-order valence-electron chi connectivity index (χ4n) is 2.77. The van der Waals surface area contributed by atoms with Crippen molar-refractivity contribution in [3.8, 4) is 5.88 Å². The molecule has 0 bridgehead atoms. The fraction of sp³-hybridized carbons (Fsp3) is 0.706. The normalized spacial score (nSPS) is 11.1. The molecule has 128 valence electrons. The van der Waals surface area contributed by atoms with Gasteiger partial charge in [-0.15, -0.1) is 0 Å². The quantitative estimate of drug-likeness (QED) is 0.637. The summed E-state index contributed by atoms with van der Waals surface area (Å²) in [5.41, 5.74) is 1.11. The molecule has 0 amide bonds. The van der Waals surface area contributed by atoms with Crippen molar-refractivity contribution in [2.75, 3.05) is 18.5 Å². The van der Waals surface area contributed by atoms with Crippen molar-refractivity contribution in [2.24, 2.45) is 0 Å². The van der Waals surface area contributed by atoms with E-state index >= 15 is 0 Å². The number of ether oxygens (including phenoxy) is 1. The molecule has 6 nitrogen and oxygen atoms in total. The molecule has 0 aliphatic rings. The maximum absolute atomic E-state index is 5.76. The molecule has 0 radical (unpaired) electrons. The number of hydrogen-bond acceptors (Lipinski definition) is 5. The minimum atomic E-state index is 0.580. The lowest BCUT2D eigenvalue weighted by atomic mass is 10.1. The van der Waals surface area contributed by atoms with Crippen molar-refractivity contribution < 1.29 is 4.74 Å². The van der Waals surface area contributed by atoms with Gasteiger partial charge in [0.15, 0.2) is 0 Å². The Morgan fingerprint density at radius 1 is 1.09 bits per heavy atom. The van der Waals surface area contributed by atoms with Gasteiger partial charge in [-0.25, -0.2) is 0 Å². The summed E-state index contributed by atoms with van der Waals surface area (Å²) < 4.78 is 7.54. The molecular formula is C17H29N5O. The van der Waals surface area contributed by atoms with Gasteiger partial charge in [0, 0.05) is 6.54 Å². The second-order valence-electron chi connectivity index (χ2n) is 5.70. The Labute approximate surface area is 138 Å². The Morgan fingerprint density at radius 3 is 2.61 bits per heavy atom. The number of rotatable bonds is 11. The summed E-state index contributed by atoms with van der Waals surface area (Å²) in [6.07, 6.45) is 10.1. The highest BCUT2D eigenvalue weighted by Gasteiger charge is 2.17. The van der Waals surface area contributed by atoms with Crippen molar-refractivity contribution in [2.45, 2.75) is 65.7 Å². The Morgan fingerprint density at radius 2 is 1.87 bits per heavy atom. The van der Waals surface area contributed by atoms with E-state index in [9.17, 15) is 0 Å². The van der Waals surface area contributed by atoms with Crippen LogP contribution in [0.15, 0.2) is 6.33 Å². The van der Waals surface area contributed by atoms with Crippen LogP contribution in [0.4, 0.5) is 5.82 Å². The zero-order valence-corrected chi connectivity index (χ0v) is 14.6. The molecule has 0 aromatic carbocycles. The van der Waals surface area contributed by atoms with E-state index in [0.717, 1.165) is 30.8 Å². The highest BCUT2D eigenvalue weighted by molar-refractivity contribution is 5.55. The molecule has 0 saturated carbocycles. The zero-order valence-electron chi connectivity index (χ0n) is 14.6. The maximum atomic E-state index is 5.76. The molecule has 0 saturated heterocycles. The van der Waals surface area contributed by atoms with Crippen LogP contribution < -0.4 is 10.1 Å². The Kier molecular flexibility index (Phi) is 7.10. The lowest BCUT2D eigenvalue weighted by molar-refractivity contribution is 0.322. The molecule has 0 fully saturated rings. The SMILES string of the molecule is CCCCCCCCc1c(OCC)nc2ncnn2c1NCC. The van der Waals surface area contributed by atoms with Gasteiger partial charge in [-0.3, -0.25) is 0 Å². The summed E-state index contributed by atoms with van der Waals surface area (Å²) in [4.78, 5) is 8.72. The molecular weight excluding hydrogens is 290 g/mol. The van der Waals surface area contributed by atoms with Crippen LogP contribution in [-0.2, 0) is 6.42 Å². The lowest BCUT2D eigenvalue weighted by Gasteiger charge is -2.15. The van der Waals surface area contributed by atoms with E-state index < -0.39 is 0 Å². The first-order valence-electron chi connectivity index (χ1n) is 8.91. The summed E-state index contributed by atoms with van der Waals surface area (Å²) in [6, 6.07) is 0. The smallest absolute Gasteiger partial charge is 0.257 e. The second kappa shape index (κ2) is 9.33. The first-order valence-corrected chi connectivity index (χ1v) is 8.91. The van der Waals surface area contributed by atoms with E-state index in [1.165, 1.54) is 38.4 Å². The summed E-state index contributed by atoms with van der Waals surface area (Å²) >= 11 is 0. The van der Waals surface area contributed by atoms with Crippen LogP contribution in [-0.4, -0.2) is 32.7 Å². The van der Waals surface area contributed by atoms with Gasteiger partial charge in [-0.1, -0.05) is 39.0 Å². The predicted molar refractivity (Wildman–Crippen MR) is 93.2 cm³/mol. The van der Waals surface area contributed by atoms with E-state index in [1.807, 2.05) is 6.92 Å². The molecule has 2 aromatic rings. The van der Waals surface area contributed by atoms with Crippen molar-refractivity contribution in [3.63, 3.8) is 0 Å². The largest absolute Gasteiger partial charge is 0.478 e. The monoisotopic (exact) mass is 319 g/mol.